The molecule has 0 spiro atoms. The van der Waals surface area contributed by atoms with Crippen molar-refractivity contribution >= 4 is 17.7 Å². The molecule has 0 radical (unpaired) electrons. The first-order valence-electron chi connectivity index (χ1n) is 6.30. The highest BCUT2D eigenvalue weighted by Gasteiger charge is 2.17. The number of ether oxygens (including phenoxy) is 1. The van der Waals surface area contributed by atoms with Crippen LogP contribution in [0.4, 0.5) is 4.79 Å². The van der Waals surface area contributed by atoms with E-state index in [1.807, 2.05) is 0 Å². The lowest BCUT2D eigenvalue weighted by Gasteiger charge is -2.14. The van der Waals surface area contributed by atoms with Gasteiger partial charge in [0.25, 0.3) is 5.91 Å². The Bertz CT molecular complexity index is 496. The lowest BCUT2D eigenvalue weighted by atomic mass is 10.1. The SMILES string of the molecule is CCNC(=O)NC(=O)C(C)Oc1ccc(C(C)=O)cc1. The molecule has 0 aromatic heterocycles. The van der Waals surface area contributed by atoms with Crippen molar-refractivity contribution in [3.63, 3.8) is 0 Å². The van der Waals surface area contributed by atoms with Gasteiger partial charge in [-0.05, 0) is 45.0 Å². The first-order valence-corrected chi connectivity index (χ1v) is 6.30. The van der Waals surface area contributed by atoms with E-state index in [9.17, 15) is 14.4 Å². The second-order valence-corrected chi connectivity index (χ2v) is 4.19. The Morgan fingerprint density at radius 1 is 1.20 bits per heavy atom. The van der Waals surface area contributed by atoms with E-state index in [0.29, 0.717) is 17.9 Å². The molecule has 108 valence electrons. The van der Waals surface area contributed by atoms with Crippen LogP contribution < -0.4 is 15.4 Å². The minimum Gasteiger partial charge on any atom is -0.481 e. The maximum atomic E-state index is 11.7. The van der Waals surface area contributed by atoms with Crippen molar-refractivity contribution in [2.75, 3.05) is 6.54 Å². The Morgan fingerprint density at radius 2 is 1.80 bits per heavy atom. The summed E-state index contributed by atoms with van der Waals surface area (Å²) in [5, 5.41) is 4.61. The quantitative estimate of drug-likeness (QED) is 0.799. The Kier molecular flexibility index (Phi) is 5.71. The summed E-state index contributed by atoms with van der Waals surface area (Å²) in [7, 11) is 0. The van der Waals surface area contributed by atoms with Gasteiger partial charge in [-0.1, -0.05) is 0 Å². The third-order valence-corrected chi connectivity index (χ3v) is 2.52. The monoisotopic (exact) mass is 278 g/mol. The van der Waals surface area contributed by atoms with Gasteiger partial charge in [0, 0.05) is 12.1 Å². The second kappa shape index (κ2) is 7.28. The number of hydrogen-bond donors (Lipinski definition) is 2. The zero-order chi connectivity index (χ0) is 15.1. The summed E-state index contributed by atoms with van der Waals surface area (Å²) >= 11 is 0. The molecule has 20 heavy (non-hydrogen) atoms. The molecule has 1 atom stereocenters. The van der Waals surface area contributed by atoms with E-state index in [2.05, 4.69) is 10.6 Å². The van der Waals surface area contributed by atoms with E-state index in [-0.39, 0.29) is 5.78 Å². The molecule has 6 nitrogen and oxygen atoms in total. The fraction of sp³-hybridized carbons (Fsp3) is 0.357. The molecular formula is C14H18N2O4. The maximum Gasteiger partial charge on any atom is 0.321 e. The fourth-order valence-corrected chi connectivity index (χ4v) is 1.44. The number of benzene rings is 1. The highest BCUT2D eigenvalue weighted by Crippen LogP contribution is 2.14. The molecule has 1 aromatic carbocycles. The minimum absolute atomic E-state index is 0.0430. The molecule has 0 aliphatic carbocycles. The van der Waals surface area contributed by atoms with Crippen molar-refractivity contribution in [3.05, 3.63) is 29.8 Å². The highest BCUT2D eigenvalue weighted by atomic mass is 16.5. The Labute approximate surface area is 117 Å². The summed E-state index contributed by atoms with van der Waals surface area (Å²) in [6, 6.07) is 5.89. The number of nitrogens with one attached hydrogen (secondary N) is 2. The molecule has 1 unspecified atom stereocenters. The number of hydrogen-bond acceptors (Lipinski definition) is 4. The van der Waals surface area contributed by atoms with Crippen LogP contribution in [-0.2, 0) is 4.79 Å². The number of Topliss-reactive ketones (excluding diaryl/α,β-unsaturated/α-hetero) is 1. The predicted molar refractivity (Wildman–Crippen MR) is 73.8 cm³/mol. The molecule has 0 aliphatic heterocycles. The summed E-state index contributed by atoms with van der Waals surface area (Å²) in [6.07, 6.45) is -0.819. The van der Waals surface area contributed by atoms with E-state index >= 15 is 0 Å². The average Bonchev–Trinajstić information content (AvgIpc) is 2.39. The lowest BCUT2D eigenvalue weighted by molar-refractivity contribution is -0.126. The number of urea groups is 1. The number of rotatable bonds is 5. The van der Waals surface area contributed by atoms with Crippen molar-refractivity contribution in [1.29, 1.82) is 0 Å². The van der Waals surface area contributed by atoms with Crippen LogP contribution in [0.25, 0.3) is 0 Å². The van der Waals surface area contributed by atoms with Crippen LogP contribution in [0.3, 0.4) is 0 Å². The Hall–Kier alpha value is -2.37. The summed E-state index contributed by atoms with van der Waals surface area (Å²) in [4.78, 5) is 34.0. The van der Waals surface area contributed by atoms with Gasteiger partial charge in [-0.3, -0.25) is 14.9 Å². The van der Waals surface area contributed by atoms with Crippen molar-refractivity contribution in [1.82, 2.24) is 10.6 Å². The van der Waals surface area contributed by atoms with E-state index in [1.54, 1.807) is 31.2 Å². The summed E-state index contributed by atoms with van der Waals surface area (Å²) in [6.45, 7) is 5.19. The van der Waals surface area contributed by atoms with Gasteiger partial charge in [0.1, 0.15) is 5.75 Å². The highest BCUT2D eigenvalue weighted by molar-refractivity contribution is 5.96. The third-order valence-electron chi connectivity index (χ3n) is 2.52. The van der Waals surface area contributed by atoms with Crippen LogP contribution in [0.15, 0.2) is 24.3 Å². The third kappa shape index (κ3) is 4.72. The van der Waals surface area contributed by atoms with Crippen LogP contribution in [0, 0.1) is 0 Å². The van der Waals surface area contributed by atoms with Crippen molar-refractivity contribution in [3.8, 4) is 5.75 Å². The van der Waals surface area contributed by atoms with Gasteiger partial charge in [-0.15, -0.1) is 0 Å². The zero-order valence-corrected chi connectivity index (χ0v) is 11.7. The largest absolute Gasteiger partial charge is 0.481 e. The Balaban J connectivity index is 2.56. The predicted octanol–water partition coefficient (Wildman–Crippen LogP) is 1.50. The van der Waals surface area contributed by atoms with Crippen molar-refractivity contribution in [2.24, 2.45) is 0 Å². The van der Waals surface area contributed by atoms with Crippen LogP contribution in [0.5, 0.6) is 5.75 Å². The summed E-state index contributed by atoms with van der Waals surface area (Å²) in [5.74, 6) is -0.126. The number of imide groups is 1. The molecule has 1 rings (SSSR count). The number of amides is 3. The first kappa shape index (κ1) is 15.7. The topological polar surface area (TPSA) is 84.5 Å². The molecule has 6 heteroatoms. The van der Waals surface area contributed by atoms with Gasteiger partial charge in [-0.2, -0.15) is 0 Å². The Morgan fingerprint density at radius 3 is 2.30 bits per heavy atom. The molecule has 0 bridgehead atoms. The molecule has 0 saturated carbocycles. The van der Waals surface area contributed by atoms with E-state index in [1.165, 1.54) is 13.8 Å². The molecular weight excluding hydrogens is 260 g/mol. The fourth-order valence-electron chi connectivity index (χ4n) is 1.44. The van der Waals surface area contributed by atoms with Crippen LogP contribution >= 0.6 is 0 Å². The minimum atomic E-state index is -0.819. The molecule has 3 amide bonds. The number of carbonyl (C=O) groups excluding carboxylic acids is 3. The second-order valence-electron chi connectivity index (χ2n) is 4.19. The molecule has 0 fully saturated rings. The van der Waals surface area contributed by atoms with Gasteiger partial charge >= 0.3 is 6.03 Å². The van der Waals surface area contributed by atoms with Gasteiger partial charge < -0.3 is 10.1 Å². The smallest absolute Gasteiger partial charge is 0.321 e. The molecule has 2 N–H and O–H groups in total. The molecule has 0 aliphatic rings. The van der Waals surface area contributed by atoms with E-state index < -0.39 is 18.0 Å². The van der Waals surface area contributed by atoms with Crippen LogP contribution in [0.2, 0.25) is 0 Å². The molecule has 0 saturated heterocycles. The lowest BCUT2D eigenvalue weighted by Crippen LogP contribution is -2.45. The standard InChI is InChI=1S/C14H18N2O4/c1-4-15-14(19)16-13(18)10(3)20-12-7-5-11(6-8-12)9(2)17/h5-8,10H,4H2,1-3H3,(H2,15,16,18,19). The molecule has 1 aromatic rings. The zero-order valence-electron chi connectivity index (χ0n) is 11.7. The van der Waals surface area contributed by atoms with E-state index in [4.69, 9.17) is 4.74 Å². The van der Waals surface area contributed by atoms with Gasteiger partial charge in [0.15, 0.2) is 11.9 Å². The number of ketones is 1. The van der Waals surface area contributed by atoms with Gasteiger partial charge in [0.2, 0.25) is 0 Å². The van der Waals surface area contributed by atoms with Crippen molar-refractivity contribution in [2.45, 2.75) is 26.9 Å². The van der Waals surface area contributed by atoms with Crippen LogP contribution in [0.1, 0.15) is 31.1 Å². The maximum absolute atomic E-state index is 11.7. The molecule has 0 heterocycles. The average molecular weight is 278 g/mol. The van der Waals surface area contributed by atoms with Gasteiger partial charge in [-0.25, -0.2) is 4.79 Å². The van der Waals surface area contributed by atoms with Crippen LogP contribution in [-0.4, -0.2) is 30.4 Å². The van der Waals surface area contributed by atoms with E-state index in [0.717, 1.165) is 0 Å². The summed E-state index contributed by atoms with van der Waals surface area (Å²) in [5.41, 5.74) is 0.566. The summed E-state index contributed by atoms with van der Waals surface area (Å²) < 4.78 is 5.39. The number of carbonyl (C=O) groups is 3. The van der Waals surface area contributed by atoms with Gasteiger partial charge in [0.05, 0.1) is 0 Å². The van der Waals surface area contributed by atoms with Crippen molar-refractivity contribution < 1.29 is 19.1 Å². The normalized spacial score (nSPS) is 11.3. The first-order chi connectivity index (χ1) is 9.43.